The maximum absolute atomic E-state index is 12.7. The van der Waals surface area contributed by atoms with Gasteiger partial charge in [0.25, 0.3) is 0 Å². The van der Waals surface area contributed by atoms with Crippen molar-refractivity contribution in [3.8, 4) is 11.5 Å². The first-order chi connectivity index (χ1) is 14.0. The van der Waals surface area contributed by atoms with Crippen molar-refractivity contribution in [1.82, 2.24) is 14.5 Å². The Morgan fingerprint density at radius 2 is 1.69 bits per heavy atom. The molecule has 2 heterocycles. The Morgan fingerprint density at radius 1 is 0.966 bits per heavy atom. The molecule has 1 N–H and O–H groups in total. The summed E-state index contributed by atoms with van der Waals surface area (Å²) in [6.45, 7) is 2.63. The Morgan fingerprint density at radius 3 is 2.45 bits per heavy atom. The molecule has 4 rings (SSSR count). The molecular formula is C20H23N3O5S. The minimum Gasteiger partial charge on any atom is -0.454 e. The van der Waals surface area contributed by atoms with E-state index in [2.05, 4.69) is 5.32 Å². The molecule has 1 fully saturated rings. The topological polar surface area (TPSA) is 88.2 Å². The molecule has 0 radical (unpaired) electrons. The maximum Gasteiger partial charge on any atom is 0.243 e. The van der Waals surface area contributed by atoms with Gasteiger partial charge in [-0.3, -0.25) is 9.69 Å². The molecule has 0 spiro atoms. The van der Waals surface area contributed by atoms with Gasteiger partial charge in [0.15, 0.2) is 11.5 Å². The van der Waals surface area contributed by atoms with Gasteiger partial charge in [0.2, 0.25) is 22.7 Å². The molecule has 2 aromatic carbocycles. The molecular weight excluding hydrogens is 394 g/mol. The number of carbonyl (C=O) groups is 1. The lowest BCUT2D eigenvalue weighted by atomic mass is 10.2. The van der Waals surface area contributed by atoms with Crippen LogP contribution in [0.4, 0.5) is 0 Å². The van der Waals surface area contributed by atoms with Gasteiger partial charge in [0, 0.05) is 32.7 Å². The Labute approximate surface area is 170 Å². The molecule has 2 aliphatic rings. The van der Waals surface area contributed by atoms with Crippen molar-refractivity contribution in [2.75, 3.05) is 39.5 Å². The van der Waals surface area contributed by atoms with Gasteiger partial charge in [-0.05, 0) is 29.8 Å². The molecule has 0 saturated carbocycles. The van der Waals surface area contributed by atoms with E-state index in [9.17, 15) is 13.2 Å². The first-order valence-electron chi connectivity index (χ1n) is 9.45. The summed E-state index contributed by atoms with van der Waals surface area (Å²) in [6.07, 6.45) is 0. The number of amides is 1. The fourth-order valence-electron chi connectivity index (χ4n) is 3.38. The van der Waals surface area contributed by atoms with Crippen LogP contribution in [0.3, 0.4) is 0 Å². The summed E-state index contributed by atoms with van der Waals surface area (Å²) < 4.78 is 37.4. The number of carbonyl (C=O) groups excluding carboxylic acids is 1. The van der Waals surface area contributed by atoms with Gasteiger partial charge >= 0.3 is 0 Å². The van der Waals surface area contributed by atoms with Gasteiger partial charge < -0.3 is 14.8 Å². The van der Waals surface area contributed by atoms with Crippen molar-refractivity contribution in [1.29, 1.82) is 0 Å². The normalized spacial score (nSPS) is 17.2. The van der Waals surface area contributed by atoms with Crippen molar-refractivity contribution < 1.29 is 22.7 Å². The Balaban J connectivity index is 1.25. The quantitative estimate of drug-likeness (QED) is 0.756. The van der Waals surface area contributed by atoms with Crippen LogP contribution >= 0.6 is 0 Å². The standard InChI is InChI=1S/C20H23N3O5S/c24-20(21-13-16-6-7-18-19(12-16)28-15-27-18)14-22-8-10-23(11-9-22)29(25,26)17-4-2-1-3-5-17/h1-7,12H,8-11,13-15H2,(H,21,24). The highest BCUT2D eigenvalue weighted by Crippen LogP contribution is 2.32. The molecule has 0 bridgehead atoms. The van der Waals surface area contributed by atoms with Crippen LogP contribution in [-0.2, 0) is 21.4 Å². The molecule has 2 aliphatic heterocycles. The second kappa shape index (κ2) is 8.40. The summed E-state index contributed by atoms with van der Waals surface area (Å²) in [5, 5.41) is 2.90. The molecule has 0 atom stereocenters. The summed E-state index contributed by atoms with van der Waals surface area (Å²) in [5.74, 6) is 1.30. The first-order valence-corrected chi connectivity index (χ1v) is 10.9. The van der Waals surface area contributed by atoms with Gasteiger partial charge in [-0.1, -0.05) is 24.3 Å². The minimum absolute atomic E-state index is 0.0953. The van der Waals surface area contributed by atoms with E-state index in [0.29, 0.717) is 49.1 Å². The predicted molar refractivity (Wildman–Crippen MR) is 106 cm³/mol. The van der Waals surface area contributed by atoms with Crippen LogP contribution < -0.4 is 14.8 Å². The number of fused-ring (bicyclic) bond motifs is 1. The van der Waals surface area contributed by atoms with Crippen molar-refractivity contribution >= 4 is 15.9 Å². The van der Waals surface area contributed by atoms with Crippen molar-refractivity contribution in [3.05, 3.63) is 54.1 Å². The third-order valence-corrected chi connectivity index (χ3v) is 6.92. The number of ether oxygens (including phenoxy) is 2. The van der Waals surface area contributed by atoms with E-state index in [1.165, 1.54) is 4.31 Å². The molecule has 9 heteroatoms. The highest BCUT2D eigenvalue weighted by Gasteiger charge is 2.28. The lowest BCUT2D eigenvalue weighted by Gasteiger charge is -2.33. The van der Waals surface area contributed by atoms with Gasteiger partial charge in [0.1, 0.15) is 0 Å². The molecule has 1 amide bonds. The molecule has 1 saturated heterocycles. The Kier molecular flexibility index (Phi) is 5.70. The van der Waals surface area contributed by atoms with Crippen molar-refractivity contribution in [2.45, 2.75) is 11.4 Å². The third kappa shape index (κ3) is 4.52. The van der Waals surface area contributed by atoms with E-state index >= 15 is 0 Å². The van der Waals surface area contributed by atoms with Crippen molar-refractivity contribution in [2.24, 2.45) is 0 Å². The molecule has 8 nitrogen and oxygen atoms in total. The maximum atomic E-state index is 12.7. The first kappa shape index (κ1) is 19.7. The summed E-state index contributed by atoms with van der Waals surface area (Å²) in [5.41, 5.74) is 0.932. The summed E-state index contributed by atoms with van der Waals surface area (Å²) >= 11 is 0. The van der Waals surface area contributed by atoms with Crippen LogP contribution in [0.2, 0.25) is 0 Å². The number of rotatable bonds is 6. The van der Waals surface area contributed by atoms with Crippen LogP contribution in [0.5, 0.6) is 11.5 Å². The van der Waals surface area contributed by atoms with Gasteiger partial charge in [-0.15, -0.1) is 0 Å². The second-order valence-corrected chi connectivity index (χ2v) is 8.90. The number of nitrogens with zero attached hydrogens (tertiary/aromatic N) is 2. The van der Waals surface area contributed by atoms with Gasteiger partial charge in [-0.25, -0.2) is 8.42 Å². The van der Waals surface area contributed by atoms with E-state index in [1.807, 2.05) is 23.1 Å². The number of nitrogens with one attached hydrogen (secondary N) is 1. The van der Waals surface area contributed by atoms with E-state index < -0.39 is 10.0 Å². The van der Waals surface area contributed by atoms with Crippen LogP contribution in [0.15, 0.2) is 53.4 Å². The zero-order chi connectivity index (χ0) is 20.3. The highest BCUT2D eigenvalue weighted by molar-refractivity contribution is 7.89. The monoisotopic (exact) mass is 417 g/mol. The second-order valence-electron chi connectivity index (χ2n) is 6.96. The van der Waals surface area contributed by atoms with E-state index in [1.54, 1.807) is 30.3 Å². The fraction of sp³-hybridized carbons (Fsp3) is 0.350. The van der Waals surface area contributed by atoms with Crippen LogP contribution in [0.1, 0.15) is 5.56 Å². The number of sulfonamides is 1. The Hall–Kier alpha value is -2.62. The molecule has 2 aromatic rings. The zero-order valence-corrected chi connectivity index (χ0v) is 16.7. The minimum atomic E-state index is -3.48. The largest absolute Gasteiger partial charge is 0.454 e. The van der Waals surface area contributed by atoms with E-state index in [4.69, 9.17) is 9.47 Å². The highest BCUT2D eigenvalue weighted by atomic mass is 32.2. The summed E-state index contributed by atoms with van der Waals surface area (Å²) in [4.78, 5) is 14.5. The summed E-state index contributed by atoms with van der Waals surface area (Å²) in [7, 11) is -3.48. The smallest absolute Gasteiger partial charge is 0.243 e. The summed E-state index contributed by atoms with van der Waals surface area (Å²) in [6, 6.07) is 14.0. The van der Waals surface area contributed by atoms with E-state index in [0.717, 1.165) is 5.56 Å². The fourth-order valence-corrected chi connectivity index (χ4v) is 4.82. The number of hydrogen-bond donors (Lipinski definition) is 1. The van der Waals surface area contributed by atoms with E-state index in [-0.39, 0.29) is 19.2 Å². The van der Waals surface area contributed by atoms with Gasteiger partial charge in [-0.2, -0.15) is 4.31 Å². The lowest BCUT2D eigenvalue weighted by Crippen LogP contribution is -2.50. The molecule has 0 aliphatic carbocycles. The number of benzene rings is 2. The Bertz CT molecular complexity index is 973. The molecule has 154 valence electrons. The zero-order valence-electron chi connectivity index (χ0n) is 15.9. The number of hydrogen-bond acceptors (Lipinski definition) is 6. The van der Waals surface area contributed by atoms with Gasteiger partial charge in [0.05, 0.1) is 11.4 Å². The lowest BCUT2D eigenvalue weighted by molar-refractivity contribution is -0.122. The van der Waals surface area contributed by atoms with Crippen LogP contribution in [0.25, 0.3) is 0 Å². The third-order valence-electron chi connectivity index (χ3n) is 5.01. The molecule has 0 aromatic heterocycles. The molecule has 29 heavy (non-hydrogen) atoms. The van der Waals surface area contributed by atoms with Crippen LogP contribution in [-0.4, -0.2) is 63.0 Å². The van der Waals surface area contributed by atoms with Crippen LogP contribution in [0, 0.1) is 0 Å². The predicted octanol–water partition coefficient (Wildman–Crippen LogP) is 1.04. The van der Waals surface area contributed by atoms with Crippen molar-refractivity contribution in [3.63, 3.8) is 0 Å². The number of piperazine rings is 1. The molecule has 0 unspecified atom stereocenters. The average Bonchev–Trinajstić information content (AvgIpc) is 3.21. The SMILES string of the molecule is O=C(CN1CCN(S(=O)(=O)c2ccccc2)CC1)NCc1ccc2c(c1)OCO2. The average molecular weight is 417 g/mol.